The molecule has 7 nitrogen and oxygen atoms in total. The molecule has 0 radical (unpaired) electrons. The fourth-order valence-electron chi connectivity index (χ4n) is 5.52. The molecule has 39 heavy (non-hydrogen) atoms. The number of amides is 3. The van der Waals surface area contributed by atoms with Gasteiger partial charge >= 0.3 is 12.0 Å². The first-order chi connectivity index (χ1) is 18.4. The van der Waals surface area contributed by atoms with E-state index in [1.807, 2.05) is 24.3 Å². The van der Waals surface area contributed by atoms with Gasteiger partial charge in [-0.15, -0.1) is 0 Å². The van der Waals surface area contributed by atoms with Crippen molar-refractivity contribution in [3.05, 3.63) is 65.2 Å². The predicted octanol–water partition coefficient (Wildman–Crippen LogP) is 6.80. The molecule has 7 heteroatoms. The lowest BCUT2D eigenvalue weighted by atomic mass is 9.68. The van der Waals surface area contributed by atoms with Gasteiger partial charge in [-0.1, -0.05) is 58.9 Å². The highest BCUT2D eigenvalue weighted by molar-refractivity contribution is 5.94. The van der Waals surface area contributed by atoms with Gasteiger partial charge in [0, 0.05) is 17.8 Å². The van der Waals surface area contributed by atoms with Gasteiger partial charge in [0.15, 0.2) is 0 Å². The number of carboxylic acids is 1. The Bertz CT molecular complexity index is 1100. The molecule has 1 unspecified atom stereocenters. The molecule has 1 aliphatic rings. The Morgan fingerprint density at radius 3 is 2.08 bits per heavy atom. The largest absolute Gasteiger partial charge is 0.481 e. The topological polar surface area (TPSA) is 108 Å². The van der Waals surface area contributed by atoms with Crippen LogP contribution < -0.4 is 16.0 Å². The number of hydrogen-bond acceptors (Lipinski definition) is 3. The fourth-order valence-corrected chi connectivity index (χ4v) is 5.52. The van der Waals surface area contributed by atoms with E-state index in [1.165, 1.54) is 5.56 Å². The van der Waals surface area contributed by atoms with Crippen LogP contribution in [0, 0.1) is 23.2 Å². The van der Waals surface area contributed by atoms with Crippen LogP contribution in [0.1, 0.15) is 94.2 Å². The van der Waals surface area contributed by atoms with Crippen molar-refractivity contribution < 1.29 is 19.5 Å². The fraction of sp³-hybridized carbons (Fsp3) is 0.531. The number of benzene rings is 2. The van der Waals surface area contributed by atoms with Gasteiger partial charge < -0.3 is 21.1 Å². The van der Waals surface area contributed by atoms with E-state index in [2.05, 4.69) is 62.7 Å². The van der Waals surface area contributed by atoms with Gasteiger partial charge in [-0.25, -0.2) is 4.79 Å². The molecule has 1 aliphatic carbocycles. The van der Waals surface area contributed by atoms with Gasteiger partial charge in [-0.05, 0) is 90.7 Å². The van der Waals surface area contributed by atoms with Crippen LogP contribution in [0.5, 0.6) is 0 Å². The summed E-state index contributed by atoms with van der Waals surface area (Å²) in [4.78, 5) is 36.3. The second kappa shape index (κ2) is 13.6. The van der Waals surface area contributed by atoms with Gasteiger partial charge in [0.2, 0.25) is 0 Å². The Hall–Kier alpha value is -3.35. The highest BCUT2D eigenvalue weighted by Gasteiger charge is 2.34. The van der Waals surface area contributed by atoms with Gasteiger partial charge in [-0.2, -0.15) is 0 Å². The van der Waals surface area contributed by atoms with Crippen LogP contribution >= 0.6 is 0 Å². The average Bonchev–Trinajstić information content (AvgIpc) is 2.87. The van der Waals surface area contributed by atoms with Crippen molar-refractivity contribution in [1.29, 1.82) is 0 Å². The average molecular weight is 536 g/mol. The number of carboxylic acid groups (broad SMARTS) is 1. The SMILES string of the molecule is CC(C)Cc1ccc(NC(=O)NC(c2ccc(C(=O)NCCC(=O)O)cc2)C2CCC(C(C)(C)C)CC2)cc1. The Labute approximate surface area is 233 Å². The lowest BCUT2D eigenvalue weighted by molar-refractivity contribution is -0.136. The molecule has 0 spiro atoms. The van der Waals surface area contributed by atoms with E-state index in [0.29, 0.717) is 17.4 Å². The number of carbonyl (C=O) groups excluding carboxylic acids is 2. The molecule has 1 saturated carbocycles. The molecule has 0 aliphatic heterocycles. The molecule has 2 aromatic carbocycles. The summed E-state index contributed by atoms with van der Waals surface area (Å²) in [6.07, 6.45) is 5.16. The number of anilines is 1. The molecule has 3 amide bonds. The third kappa shape index (κ3) is 9.41. The summed E-state index contributed by atoms with van der Waals surface area (Å²) in [5.74, 6) is 0.257. The number of carbonyl (C=O) groups is 3. The zero-order valence-electron chi connectivity index (χ0n) is 24.0. The van der Waals surface area contributed by atoms with Gasteiger partial charge in [0.25, 0.3) is 5.91 Å². The number of nitrogens with one attached hydrogen (secondary N) is 3. The van der Waals surface area contributed by atoms with Gasteiger partial charge in [0.1, 0.15) is 0 Å². The van der Waals surface area contributed by atoms with Crippen LogP contribution in [0.2, 0.25) is 0 Å². The molecule has 0 aromatic heterocycles. The number of urea groups is 1. The molecule has 0 heterocycles. The van der Waals surface area contributed by atoms with E-state index >= 15 is 0 Å². The Morgan fingerprint density at radius 2 is 1.54 bits per heavy atom. The summed E-state index contributed by atoms with van der Waals surface area (Å²) in [5.41, 5.74) is 3.69. The maximum Gasteiger partial charge on any atom is 0.319 e. The highest BCUT2D eigenvalue weighted by atomic mass is 16.4. The first kappa shape index (κ1) is 30.2. The lowest BCUT2D eigenvalue weighted by Gasteiger charge is -2.39. The second-order valence-electron chi connectivity index (χ2n) is 12.4. The van der Waals surface area contributed by atoms with Crippen LogP contribution in [0.25, 0.3) is 0 Å². The molecular formula is C32H45N3O4. The smallest absolute Gasteiger partial charge is 0.319 e. The first-order valence-electron chi connectivity index (χ1n) is 14.2. The van der Waals surface area contributed by atoms with Crippen LogP contribution in [0.4, 0.5) is 10.5 Å². The predicted molar refractivity (Wildman–Crippen MR) is 156 cm³/mol. The van der Waals surface area contributed by atoms with Crippen LogP contribution in [-0.4, -0.2) is 29.6 Å². The molecule has 1 atom stereocenters. The van der Waals surface area contributed by atoms with Crippen molar-refractivity contribution in [2.75, 3.05) is 11.9 Å². The molecule has 2 aromatic rings. The van der Waals surface area contributed by atoms with Crippen LogP contribution in [0.3, 0.4) is 0 Å². The summed E-state index contributed by atoms with van der Waals surface area (Å²) < 4.78 is 0. The molecule has 0 bridgehead atoms. The van der Waals surface area contributed by atoms with E-state index in [0.717, 1.165) is 43.4 Å². The zero-order chi connectivity index (χ0) is 28.6. The quantitative estimate of drug-likeness (QED) is 0.268. The lowest BCUT2D eigenvalue weighted by Crippen LogP contribution is -2.38. The van der Waals surface area contributed by atoms with Crippen LogP contribution in [0.15, 0.2) is 48.5 Å². The zero-order valence-corrected chi connectivity index (χ0v) is 24.0. The molecule has 212 valence electrons. The minimum atomic E-state index is -0.953. The van der Waals surface area contributed by atoms with Crippen molar-refractivity contribution in [3.63, 3.8) is 0 Å². The Morgan fingerprint density at radius 1 is 0.923 bits per heavy atom. The minimum absolute atomic E-state index is 0.0791. The van der Waals surface area contributed by atoms with Crippen molar-refractivity contribution in [2.24, 2.45) is 23.2 Å². The van der Waals surface area contributed by atoms with Gasteiger partial charge in [-0.3, -0.25) is 9.59 Å². The number of hydrogen-bond donors (Lipinski definition) is 4. The normalized spacial score (nSPS) is 18.3. The highest BCUT2D eigenvalue weighted by Crippen LogP contribution is 2.43. The molecule has 0 saturated heterocycles. The number of rotatable bonds is 10. The van der Waals surface area contributed by atoms with E-state index in [1.54, 1.807) is 12.1 Å². The molecule has 3 rings (SSSR count). The van der Waals surface area contributed by atoms with E-state index < -0.39 is 5.97 Å². The molecule has 4 N–H and O–H groups in total. The molecule has 1 fully saturated rings. The maximum absolute atomic E-state index is 13.1. The van der Waals surface area contributed by atoms with Crippen molar-refractivity contribution in [3.8, 4) is 0 Å². The van der Waals surface area contributed by atoms with E-state index in [9.17, 15) is 14.4 Å². The second-order valence-corrected chi connectivity index (χ2v) is 12.4. The van der Waals surface area contributed by atoms with Crippen LogP contribution in [-0.2, 0) is 11.2 Å². The summed E-state index contributed by atoms with van der Waals surface area (Å²) in [6.45, 7) is 11.4. The summed E-state index contributed by atoms with van der Waals surface area (Å²) in [5, 5.41) is 17.7. The Balaban J connectivity index is 1.72. The van der Waals surface area contributed by atoms with Crippen molar-refractivity contribution in [2.45, 2.75) is 79.2 Å². The third-order valence-electron chi connectivity index (χ3n) is 7.77. The van der Waals surface area contributed by atoms with Crippen molar-refractivity contribution in [1.82, 2.24) is 10.6 Å². The van der Waals surface area contributed by atoms with E-state index in [-0.39, 0.29) is 42.3 Å². The monoisotopic (exact) mass is 535 g/mol. The Kier molecular flexibility index (Phi) is 10.6. The summed E-state index contributed by atoms with van der Waals surface area (Å²) in [6, 6.07) is 14.8. The summed E-state index contributed by atoms with van der Waals surface area (Å²) >= 11 is 0. The van der Waals surface area contributed by atoms with E-state index in [4.69, 9.17) is 5.11 Å². The third-order valence-corrected chi connectivity index (χ3v) is 7.77. The molecular weight excluding hydrogens is 490 g/mol. The first-order valence-corrected chi connectivity index (χ1v) is 14.2. The maximum atomic E-state index is 13.1. The minimum Gasteiger partial charge on any atom is -0.481 e. The summed E-state index contributed by atoms with van der Waals surface area (Å²) in [7, 11) is 0. The van der Waals surface area contributed by atoms with Crippen molar-refractivity contribution >= 4 is 23.6 Å². The number of aliphatic carboxylic acids is 1. The van der Waals surface area contributed by atoms with Gasteiger partial charge in [0.05, 0.1) is 12.5 Å². The standard InChI is InChI=1S/C32H45N3O4/c1-21(2)20-22-6-16-27(17-7-22)34-31(39)35-29(24-12-14-26(15-13-24)32(3,4)5)23-8-10-25(11-9-23)30(38)33-19-18-28(36)37/h6-11,16-17,21,24,26,29H,12-15,18-20H2,1-5H3,(H,33,38)(H,36,37)(H2,34,35,39).